The molecule has 1 heterocycles. The van der Waals surface area contributed by atoms with E-state index in [2.05, 4.69) is 5.32 Å². The van der Waals surface area contributed by atoms with Crippen LogP contribution in [0.4, 0.5) is 18.9 Å². The molecule has 0 spiro atoms. The maximum absolute atomic E-state index is 13.8. The number of carbonyl (C=O) groups is 2. The number of nitriles is 1. The molecule has 1 fully saturated rings. The molecular formula is C31H27ClF3N3O2S. The van der Waals surface area contributed by atoms with Crippen LogP contribution in [-0.2, 0) is 22.2 Å². The lowest BCUT2D eigenvalue weighted by Gasteiger charge is -2.20. The molecule has 1 saturated heterocycles. The molecule has 10 heteroatoms. The van der Waals surface area contributed by atoms with Crippen LogP contribution in [0, 0.1) is 11.3 Å². The molecule has 0 aliphatic carbocycles. The quantitative estimate of drug-likeness (QED) is 0.223. The van der Waals surface area contributed by atoms with Crippen molar-refractivity contribution < 1.29 is 22.8 Å². The number of hydrogen-bond acceptors (Lipinski definition) is 4. The molecule has 3 aromatic rings. The Balaban J connectivity index is 1.74. The zero-order valence-corrected chi connectivity index (χ0v) is 24.1. The number of nitrogens with one attached hydrogen (secondary N) is 1. The lowest BCUT2D eigenvalue weighted by molar-refractivity contribution is -0.137. The molecule has 0 bridgehead atoms. The summed E-state index contributed by atoms with van der Waals surface area (Å²) in [7, 11) is 0. The van der Waals surface area contributed by atoms with E-state index in [9.17, 15) is 28.0 Å². The average Bonchev–Trinajstić information content (AvgIpc) is 3.25. The van der Waals surface area contributed by atoms with Crippen LogP contribution in [0.2, 0.25) is 5.02 Å². The largest absolute Gasteiger partial charge is 0.416 e. The number of rotatable bonds is 7. The third kappa shape index (κ3) is 6.77. The van der Waals surface area contributed by atoms with E-state index in [0.717, 1.165) is 41.1 Å². The number of thioether (sulfide) groups is 1. The third-order valence-corrected chi connectivity index (χ3v) is 8.38. The lowest BCUT2D eigenvalue weighted by atomic mass is 10.0. The monoisotopic (exact) mass is 597 g/mol. The molecule has 5 nitrogen and oxygen atoms in total. The van der Waals surface area contributed by atoms with Gasteiger partial charge in [0.2, 0.25) is 5.91 Å². The van der Waals surface area contributed by atoms with Crippen molar-refractivity contribution in [3.05, 3.63) is 111 Å². The minimum atomic E-state index is -4.58. The number of hydrogen-bond donors (Lipinski definition) is 1. The molecule has 2 amide bonds. The zero-order valence-electron chi connectivity index (χ0n) is 22.5. The van der Waals surface area contributed by atoms with Gasteiger partial charge in [-0.1, -0.05) is 79.7 Å². The SMILES string of the molecule is CC(C)c1ccc(N2C(=O)C(Cc3cc(C(F)(F)F)ccc3Cl)S/C2=C(/C#N)C(=O)NC(C)c2ccccc2)cc1. The first-order valence-electron chi connectivity index (χ1n) is 12.9. The van der Waals surface area contributed by atoms with Gasteiger partial charge < -0.3 is 5.32 Å². The molecule has 1 N–H and O–H groups in total. The molecule has 0 aromatic heterocycles. The van der Waals surface area contributed by atoms with Crippen LogP contribution in [-0.4, -0.2) is 17.1 Å². The second kappa shape index (κ2) is 12.4. The fourth-order valence-corrected chi connectivity index (χ4v) is 5.92. The second-order valence-electron chi connectivity index (χ2n) is 9.93. The van der Waals surface area contributed by atoms with Crippen molar-refractivity contribution in [2.75, 3.05) is 4.90 Å². The molecule has 2 unspecified atom stereocenters. The summed E-state index contributed by atoms with van der Waals surface area (Å²) < 4.78 is 40.1. The molecule has 41 heavy (non-hydrogen) atoms. The van der Waals surface area contributed by atoms with E-state index in [4.69, 9.17) is 11.6 Å². The number of benzene rings is 3. The van der Waals surface area contributed by atoms with Crippen molar-refractivity contribution in [3.63, 3.8) is 0 Å². The van der Waals surface area contributed by atoms with Gasteiger partial charge in [-0.25, -0.2) is 0 Å². The van der Waals surface area contributed by atoms with Crippen LogP contribution < -0.4 is 10.2 Å². The van der Waals surface area contributed by atoms with E-state index in [1.165, 1.54) is 4.90 Å². The summed E-state index contributed by atoms with van der Waals surface area (Å²) in [6, 6.07) is 20.9. The standard InChI is InChI=1S/C31H27ClF3N3O2S/c1-18(2)20-9-12-24(13-10-20)38-29(40)27(16-22-15-23(31(33,34)35)11-14-26(22)32)41-30(38)25(17-36)28(39)37-19(3)21-7-5-4-6-8-21/h4-15,18-19,27H,16H2,1-3H3,(H,37,39)/b30-25-. The number of carbonyl (C=O) groups excluding carboxylic acids is 2. The summed E-state index contributed by atoms with van der Waals surface area (Å²) >= 11 is 7.20. The second-order valence-corrected chi connectivity index (χ2v) is 11.5. The summed E-state index contributed by atoms with van der Waals surface area (Å²) in [6.45, 7) is 5.83. The summed E-state index contributed by atoms with van der Waals surface area (Å²) in [4.78, 5) is 28.4. The number of halogens is 4. The van der Waals surface area contributed by atoms with Crippen LogP contribution in [0.25, 0.3) is 0 Å². The Hall–Kier alpha value is -3.74. The molecule has 1 aliphatic heterocycles. The van der Waals surface area contributed by atoms with Crippen molar-refractivity contribution in [2.45, 2.75) is 50.6 Å². The summed E-state index contributed by atoms with van der Waals surface area (Å²) in [5.41, 5.74) is 1.30. The van der Waals surface area contributed by atoms with Gasteiger partial charge in [0.15, 0.2) is 0 Å². The molecule has 0 radical (unpaired) electrons. The van der Waals surface area contributed by atoms with E-state index in [-0.39, 0.29) is 33.5 Å². The van der Waals surface area contributed by atoms with Gasteiger partial charge in [0.1, 0.15) is 16.7 Å². The molecule has 0 saturated carbocycles. The number of alkyl halides is 3. The number of amides is 2. The van der Waals surface area contributed by atoms with Gasteiger partial charge in [-0.05, 0) is 66.3 Å². The first kappa shape index (κ1) is 30.2. The number of anilines is 1. The highest BCUT2D eigenvalue weighted by molar-refractivity contribution is 8.05. The van der Waals surface area contributed by atoms with E-state index >= 15 is 0 Å². The van der Waals surface area contributed by atoms with Crippen molar-refractivity contribution in [1.82, 2.24) is 5.32 Å². The third-order valence-electron chi connectivity index (χ3n) is 6.75. The van der Waals surface area contributed by atoms with Gasteiger partial charge in [0.25, 0.3) is 5.91 Å². The van der Waals surface area contributed by atoms with Crippen molar-refractivity contribution >= 4 is 40.9 Å². The predicted octanol–water partition coefficient (Wildman–Crippen LogP) is 7.79. The fourth-order valence-electron chi connectivity index (χ4n) is 4.43. The molecule has 3 aromatic carbocycles. The first-order chi connectivity index (χ1) is 19.4. The Labute approximate surface area is 246 Å². The average molecular weight is 598 g/mol. The predicted molar refractivity (Wildman–Crippen MR) is 155 cm³/mol. The maximum Gasteiger partial charge on any atom is 0.416 e. The highest BCUT2D eigenvalue weighted by Gasteiger charge is 2.41. The first-order valence-corrected chi connectivity index (χ1v) is 14.1. The Morgan fingerprint density at radius 1 is 1.05 bits per heavy atom. The summed E-state index contributed by atoms with van der Waals surface area (Å²) in [5, 5.41) is 12.2. The number of nitrogens with zero attached hydrogens (tertiary/aromatic N) is 2. The van der Waals surface area contributed by atoms with Crippen LogP contribution in [0.1, 0.15) is 55.0 Å². The van der Waals surface area contributed by atoms with Gasteiger partial charge in [0, 0.05) is 10.7 Å². The molecule has 212 valence electrons. The van der Waals surface area contributed by atoms with Crippen LogP contribution in [0.5, 0.6) is 0 Å². The molecule has 4 rings (SSSR count). The topological polar surface area (TPSA) is 73.2 Å². The molecule has 1 aliphatic rings. The van der Waals surface area contributed by atoms with Gasteiger partial charge in [-0.3, -0.25) is 14.5 Å². The van der Waals surface area contributed by atoms with Gasteiger partial charge in [0.05, 0.1) is 16.9 Å². The zero-order chi connectivity index (χ0) is 29.9. The van der Waals surface area contributed by atoms with Crippen LogP contribution >= 0.6 is 23.4 Å². The lowest BCUT2D eigenvalue weighted by Crippen LogP contribution is -2.33. The Kier molecular flexibility index (Phi) is 9.15. The Morgan fingerprint density at radius 2 is 1.71 bits per heavy atom. The summed E-state index contributed by atoms with van der Waals surface area (Å²) in [5.74, 6) is -0.897. The minimum absolute atomic E-state index is 0.0894. The van der Waals surface area contributed by atoms with Crippen LogP contribution in [0.3, 0.4) is 0 Å². The van der Waals surface area contributed by atoms with E-state index < -0.39 is 34.8 Å². The molecule has 2 atom stereocenters. The minimum Gasteiger partial charge on any atom is -0.345 e. The van der Waals surface area contributed by atoms with Gasteiger partial charge >= 0.3 is 6.18 Å². The van der Waals surface area contributed by atoms with E-state index in [1.54, 1.807) is 19.1 Å². The highest BCUT2D eigenvalue weighted by Crippen LogP contribution is 2.43. The van der Waals surface area contributed by atoms with Gasteiger partial charge in [-0.15, -0.1) is 0 Å². The van der Waals surface area contributed by atoms with E-state index in [0.29, 0.717) is 5.69 Å². The normalized spacial score (nSPS) is 17.4. The molecular weight excluding hydrogens is 571 g/mol. The summed E-state index contributed by atoms with van der Waals surface area (Å²) in [6.07, 6.45) is -4.71. The highest BCUT2D eigenvalue weighted by atomic mass is 35.5. The Morgan fingerprint density at radius 3 is 2.29 bits per heavy atom. The van der Waals surface area contributed by atoms with Crippen molar-refractivity contribution in [3.8, 4) is 6.07 Å². The van der Waals surface area contributed by atoms with Crippen molar-refractivity contribution in [2.24, 2.45) is 0 Å². The maximum atomic E-state index is 13.8. The van der Waals surface area contributed by atoms with Gasteiger partial charge in [-0.2, -0.15) is 18.4 Å². The van der Waals surface area contributed by atoms with E-state index in [1.807, 2.05) is 62.4 Å². The van der Waals surface area contributed by atoms with Crippen LogP contribution in [0.15, 0.2) is 83.4 Å². The Bertz CT molecular complexity index is 1520. The van der Waals surface area contributed by atoms with Crippen molar-refractivity contribution in [1.29, 1.82) is 5.26 Å². The smallest absolute Gasteiger partial charge is 0.345 e. The fraction of sp³-hybridized carbons (Fsp3) is 0.258.